The molecule has 0 saturated carbocycles. The van der Waals surface area contributed by atoms with Crippen LogP contribution < -0.4 is 15.8 Å². The van der Waals surface area contributed by atoms with Crippen molar-refractivity contribution in [2.24, 2.45) is 11.7 Å². The van der Waals surface area contributed by atoms with Crippen LogP contribution in [0.2, 0.25) is 0 Å². The van der Waals surface area contributed by atoms with Crippen molar-refractivity contribution >= 4 is 33.1 Å². The van der Waals surface area contributed by atoms with E-state index in [2.05, 4.69) is 22.3 Å². The van der Waals surface area contributed by atoms with Crippen LogP contribution in [0.1, 0.15) is 13.8 Å². The lowest BCUT2D eigenvalue weighted by atomic mass is 10.2. The van der Waals surface area contributed by atoms with Crippen LogP contribution in [0.4, 0.5) is 0 Å². The SMILES string of the molecule is CCNS(=O)(=O)CCNC(=O)C(C)C(N)=S. The van der Waals surface area contributed by atoms with E-state index in [0.29, 0.717) is 6.54 Å². The third kappa shape index (κ3) is 5.99. The summed E-state index contributed by atoms with van der Waals surface area (Å²) < 4.78 is 24.7. The number of carbonyl (C=O) groups excluding carboxylic acids is 1. The molecule has 1 unspecified atom stereocenters. The molecule has 0 spiro atoms. The largest absolute Gasteiger partial charge is 0.393 e. The van der Waals surface area contributed by atoms with Crippen molar-refractivity contribution in [3.8, 4) is 0 Å². The molecular formula is C8H17N3O3S2. The minimum atomic E-state index is -3.30. The van der Waals surface area contributed by atoms with E-state index in [4.69, 9.17) is 5.73 Å². The molecule has 94 valence electrons. The predicted molar refractivity (Wildman–Crippen MR) is 66.4 cm³/mol. The Morgan fingerprint density at radius 2 is 2.06 bits per heavy atom. The number of hydrogen-bond donors (Lipinski definition) is 3. The maximum atomic E-state index is 11.3. The molecule has 8 heteroatoms. The summed E-state index contributed by atoms with van der Waals surface area (Å²) in [6.07, 6.45) is 0. The molecule has 16 heavy (non-hydrogen) atoms. The Hall–Kier alpha value is -0.730. The topological polar surface area (TPSA) is 101 Å². The Labute approximate surface area is 101 Å². The molecule has 0 radical (unpaired) electrons. The number of rotatable bonds is 7. The van der Waals surface area contributed by atoms with E-state index >= 15 is 0 Å². The third-order valence-corrected chi connectivity index (χ3v) is 3.68. The molecule has 1 amide bonds. The Kier molecular flexibility index (Phi) is 6.46. The van der Waals surface area contributed by atoms with Crippen LogP contribution in [-0.4, -0.2) is 38.2 Å². The lowest BCUT2D eigenvalue weighted by molar-refractivity contribution is -0.122. The molecule has 0 bridgehead atoms. The molecule has 0 rings (SSSR count). The highest BCUT2D eigenvalue weighted by Gasteiger charge is 2.16. The number of thiocarbonyl (C=S) groups is 1. The van der Waals surface area contributed by atoms with E-state index in [0.717, 1.165) is 0 Å². The third-order valence-electron chi connectivity index (χ3n) is 1.85. The lowest BCUT2D eigenvalue weighted by Crippen LogP contribution is -2.39. The van der Waals surface area contributed by atoms with Gasteiger partial charge in [-0.05, 0) is 6.92 Å². The first-order valence-electron chi connectivity index (χ1n) is 4.84. The zero-order chi connectivity index (χ0) is 12.8. The fraction of sp³-hybridized carbons (Fsp3) is 0.750. The Morgan fingerprint density at radius 3 is 2.50 bits per heavy atom. The van der Waals surface area contributed by atoms with Gasteiger partial charge in [-0.2, -0.15) is 0 Å². The highest BCUT2D eigenvalue weighted by atomic mass is 32.2. The van der Waals surface area contributed by atoms with Crippen LogP contribution >= 0.6 is 12.2 Å². The maximum Gasteiger partial charge on any atom is 0.229 e. The first-order valence-corrected chi connectivity index (χ1v) is 6.90. The van der Waals surface area contributed by atoms with Gasteiger partial charge in [0.1, 0.15) is 0 Å². The fourth-order valence-corrected chi connectivity index (χ4v) is 1.94. The van der Waals surface area contributed by atoms with E-state index in [-0.39, 0.29) is 23.2 Å². The van der Waals surface area contributed by atoms with Crippen LogP contribution in [0.25, 0.3) is 0 Å². The van der Waals surface area contributed by atoms with Crippen molar-refractivity contribution in [1.82, 2.24) is 10.0 Å². The zero-order valence-electron chi connectivity index (χ0n) is 9.32. The molecule has 0 heterocycles. The summed E-state index contributed by atoms with van der Waals surface area (Å²) in [5.41, 5.74) is 5.28. The lowest BCUT2D eigenvalue weighted by Gasteiger charge is -2.10. The normalized spacial score (nSPS) is 13.1. The van der Waals surface area contributed by atoms with Crippen LogP contribution in [0, 0.1) is 5.92 Å². The number of nitrogens with one attached hydrogen (secondary N) is 2. The van der Waals surface area contributed by atoms with Crippen molar-refractivity contribution in [3.63, 3.8) is 0 Å². The molecule has 0 aliphatic heterocycles. The molecule has 1 atom stereocenters. The summed E-state index contributed by atoms with van der Waals surface area (Å²) in [4.78, 5) is 11.4. The molecule has 0 fully saturated rings. The van der Waals surface area contributed by atoms with Gasteiger partial charge in [-0.3, -0.25) is 4.79 Å². The monoisotopic (exact) mass is 267 g/mol. The van der Waals surface area contributed by atoms with Gasteiger partial charge in [-0.15, -0.1) is 0 Å². The van der Waals surface area contributed by atoms with Crippen molar-refractivity contribution in [3.05, 3.63) is 0 Å². The number of hydrogen-bond acceptors (Lipinski definition) is 4. The van der Waals surface area contributed by atoms with E-state index in [1.54, 1.807) is 13.8 Å². The van der Waals surface area contributed by atoms with Crippen LogP contribution in [-0.2, 0) is 14.8 Å². The van der Waals surface area contributed by atoms with Crippen molar-refractivity contribution in [1.29, 1.82) is 0 Å². The summed E-state index contributed by atoms with van der Waals surface area (Å²) >= 11 is 4.65. The van der Waals surface area contributed by atoms with Gasteiger partial charge < -0.3 is 11.1 Å². The smallest absolute Gasteiger partial charge is 0.229 e. The van der Waals surface area contributed by atoms with Crippen molar-refractivity contribution in [2.45, 2.75) is 13.8 Å². The second-order valence-corrected chi connectivity index (χ2v) is 5.63. The fourth-order valence-electron chi connectivity index (χ4n) is 0.883. The van der Waals surface area contributed by atoms with Gasteiger partial charge in [0.25, 0.3) is 0 Å². The van der Waals surface area contributed by atoms with E-state index in [9.17, 15) is 13.2 Å². The second kappa shape index (κ2) is 6.77. The molecule has 0 aromatic rings. The average Bonchev–Trinajstić information content (AvgIpc) is 2.15. The summed E-state index contributed by atoms with van der Waals surface area (Å²) in [6, 6.07) is 0. The second-order valence-electron chi connectivity index (χ2n) is 3.23. The summed E-state index contributed by atoms with van der Waals surface area (Å²) in [6.45, 7) is 3.63. The van der Waals surface area contributed by atoms with Gasteiger partial charge in [0.15, 0.2) is 0 Å². The Balaban J connectivity index is 4.00. The van der Waals surface area contributed by atoms with Gasteiger partial charge in [-0.1, -0.05) is 19.1 Å². The van der Waals surface area contributed by atoms with Crippen molar-refractivity contribution < 1.29 is 13.2 Å². The van der Waals surface area contributed by atoms with Gasteiger partial charge in [0, 0.05) is 13.1 Å². The van der Waals surface area contributed by atoms with E-state index in [1.165, 1.54) is 0 Å². The van der Waals surface area contributed by atoms with E-state index in [1.807, 2.05) is 0 Å². The van der Waals surface area contributed by atoms with Gasteiger partial charge in [0.2, 0.25) is 15.9 Å². The predicted octanol–water partition coefficient (Wildman–Crippen LogP) is -1.04. The quantitative estimate of drug-likeness (QED) is 0.512. The zero-order valence-corrected chi connectivity index (χ0v) is 11.0. The number of amides is 1. The van der Waals surface area contributed by atoms with Gasteiger partial charge in [0.05, 0.1) is 16.7 Å². The summed E-state index contributed by atoms with van der Waals surface area (Å²) in [7, 11) is -3.30. The molecule has 6 nitrogen and oxygen atoms in total. The summed E-state index contributed by atoms with van der Waals surface area (Å²) in [5, 5.41) is 2.45. The van der Waals surface area contributed by atoms with Crippen LogP contribution in [0.5, 0.6) is 0 Å². The molecule has 0 aromatic heterocycles. The molecule has 4 N–H and O–H groups in total. The molecule has 0 saturated heterocycles. The summed E-state index contributed by atoms with van der Waals surface area (Å²) in [5.74, 6) is -1.10. The number of nitrogens with two attached hydrogens (primary N) is 1. The molecule has 0 aromatic carbocycles. The van der Waals surface area contributed by atoms with Crippen molar-refractivity contribution in [2.75, 3.05) is 18.8 Å². The van der Waals surface area contributed by atoms with Crippen LogP contribution in [0.15, 0.2) is 0 Å². The van der Waals surface area contributed by atoms with Gasteiger partial charge >= 0.3 is 0 Å². The van der Waals surface area contributed by atoms with E-state index < -0.39 is 15.9 Å². The number of carbonyl (C=O) groups is 1. The Morgan fingerprint density at radius 1 is 1.50 bits per heavy atom. The molecular weight excluding hydrogens is 250 g/mol. The maximum absolute atomic E-state index is 11.3. The number of sulfonamides is 1. The van der Waals surface area contributed by atoms with Crippen LogP contribution in [0.3, 0.4) is 0 Å². The van der Waals surface area contributed by atoms with Gasteiger partial charge in [-0.25, -0.2) is 13.1 Å². The first kappa shape index (κ1) is 15.3. The standard InChI is InChI=1S/C8H17N3O3S2/c1-3-11-16(13,14)5-4-10-8(12)6(2)7(9)15/h6,11H,3-5H2,1-2H3,(H2,9,15)(H,10,12). The Bertz CT molecular complexity index is 354. The minimum Gasteiger partial charge on any atom is -0.393 e. The molecule has 0 aliphatic rings. The highest BCUT2D eigenvalue weighted by molar-refractivity contribution is 7.89. The highest BCUT2D eigenvalue weighted by Crippen LogP contribution is 1.94. The molecule has 0 aliphatic carbocycles. The first-order chi connectivity index (χ1) is 7.30. The average molecular weight is 267 g/mol. The minimum absolute atomic E-state index is 0.0428.